The van der Waals surface area contributed by atoms with E-state index in [4.69, 9.17) is 4.74 Å². The average molecular weight is 185 g/mol. The number of carbonyl (C=O) groups is 1. The third kappa shape index (κ3) is 2.51. The van der Waals surface area contributed by atoms with Crippen molar-refractivity contribution in [2.75, 3.05) is 13.7 Å². The summed E-state index contributed by atoms with van der Waals surface area (Å²) < 4.78 is 5.13. The first-order valence-corrected chi connectivity index (χ1v) is 4.85. The minimum Gasteiger partial charge on any atom is -0.362 e. The molecule has 1 saturated heterocycles. The number of hydrogen-bond donors (Lipinski definition) is 1. The molecule has 1 fully saturated rings. The van der Waals surface area contributed by atoms with Crippen LogP contribution in [0.25, 0.3) is 0 Å². The molecule has 0 radical (unpaired) electrons. The zero-order chi connectivity index (χ0) is 10.1. The van der Waals surface area contributed by atoms with Gasteiger partial charge in [-0.25, -0.2) is 0 Å². The lowest BCUT2D eigenvalue weighted by atomic mass is 9.94. The predicted octanol–water partition coefficient (Wildman–Crippen LogP) is 0.978. The molecule has 2 atom stereocenters. The molecule has 1 aliphatic heterocycles. The van der Waals surface area contributed by atoms with Gasteiger partial charge in [0.15, 0.2) is 5.78 Å². The molecule has 1 rings (SSSR count). The highest BCUT2D eigenvalue weighted by Gasteiger charge is 2.49. The van der Waals surface area contributed by atoms with Gasteiger partial charge in [0.25, 0.3) is 0 Å². The van der Waals surface area contributed by atoms with Crippen LogP contribution in [0, 0.1) is 5.92 Å². The van der Waals surface area contributed by atoms with Crippen molar-refractivity contribution in [1.29, 1.82) is 0 Å². The molecule has 0 amide bonds. The van der Waals surface area contributed by atoms with Crippen molar-refractivity contribution in [3.05, 3.63) is 0 Å². The third-order valence-corrected chi connectivity index (χ3v) is 2.47. The van der Waals surface area contributed by atoms with E-state index in [0.717, 1.165) is 6.42 Å². The fourth-order valence-corrected chi connectivity index (χ4v) is 1.45. The van der Waals surface area contributed by atoms with Crippen LogP contribution in [0.2, 0.25) is 0 Å². The van der Waals surface area contributed by atoms with Gasteiger partial charge in [0.05, 0.1) is 12.6 Å². The Bertz CT molecular complexity index is 197. The summed E-state index contributed by atoms with van der Waals surface area (Å²) in [5, 5.41) is 3.05. The van der Waals surface area contributed by atoms with E-state index in [1.54, 1.807) is 0 Å². The van der Waals surface area contributed by atoms with Gasteiger partial charge in [0.2, 0.25) is 0 Å². The number of carbonyl (C=O) groups excluding carboxylic acids is 1. The van der Waals surface area contributed by atoms with Crippen LogP contribution < -0.4 is 5.32 Å². The number of Topliss-reactive ketones (excluding diaryl/α,β-unsaturated/α-hetero) is 1. The zero-order valence-electron chi connectivity index (χ0n) is 8.89. The summed E-state index contributed by atoms with van der Waals surface area (Å²) in [6, 6.07) is -0.0486. The summed E-state index contributed by atoms with van der Waals surface area (Å²) in [6.45, 7) is 6.68. The first kappa shape index (κ1) is 10.7. The van der Waals surface area contributed by atoms with Crippen LogP contribution in [0.3, 0.4) is 0 Å². The number of rotatable bonds is 5. The lowest BCUT2D eigenvalue weighted by Crippen LogP contribution is -2.42. The molecule has 1 heterocycles. The van der Waals surface area contributed by atoms with Gasteiger partial charge < -0.3 is 10.1 Å². The smallest absolute Gasteiger partial charge is 0.183 e. The number of epoxide rings is 1. The molecule has 1 N–H and O–H groups in total. The number of nitrogens with one attached hydrogen (secondary N) is 1. The van der Waals surface area contributed by atoms with Crippen molar-refractivity contribution in [1.82, 2.24) is 5.32 Å². The van der Waals surface area contributed by atoms with Gasteiger partial charge in [-0.2, -0.15) is 0 Å². The maximum Gasteiger partial charge on any atom is 0.183 e. The van der Waals surface area contributed by atoms with E-state index in [2.05, 4.69) is 19.2 Å². The van der Waals surface area contributed by atoms with E-state index in [1.165, 1.54) is 0 Å². The molecule has 13 heavy (non-hydrogen) atoms. The fourth-order valence-electron chi connectivity index (χ4n) is 1.45. The lowest BCUT2D eigenvalue weighted by Gasteiger charge is -2.18. The van der Waals surface area contributed by atoms with Crippen molar-refractivity contribution >= 4 is 5.78 Å². The fraction of sp³-hybridized carbons (Fsp3) is 0.900. The molecule has 1 aliphatic rings. The van der Waals surface area contributed by atoms with Crippen LogP contribution >= 0.6 is 0 Å². The Morgan fingerprint density at radius 3 is 2.46 bits per heavy atom. The Balaban J connectivity index is 2.51. The molecule has 0 saturated carbocycles. The highest BCUT2D eigenvalue weighted by atomic mass is 16.6. The molecule has 1 unspecified atom stereocenters. The minimum atomic E-state index is -0.484. The maximum atomic E-state index is 11.8. The highest BCUT2D eigenvalue weighted by Crippen LogP contribution is 2.29. The van der Waals surface area contributed by atoms with Gasteiger partial charge in [0, 0.05) is 0 Å². The summed E-state index contributed by atoms with van der Waals surface area (Å²) in [6.07, 6.45) is 0.883. The van der Waals surface area contributed by atoms with Gasteiger partial charge in [-0.15, -0.1) is 0 Å². The molecule has 76 valence electrons. The van der Waals surface area contributed by atoms with Gasteiger partial charge in [-0.3, -0.25) is 4.79 Å². The standard InChI is InChI=1S/C10H19NO2/c1-7(2)5-8(11-4)9(12)10(3)6-13-10/h7-8,11H,5-6H2,1-4H3/t8-,10?/m0/s1. The SMILES string of the molecule is CN[C@@H](CC(C)C)C(=O)C1(C)CO1. The number of hydrogen-bond acceptors (Lipinski definition) is 3. The molecule has 0 aromatic rings. The second kappa shape index (κ2) is 3.76. The molecular formula is C10H19NO2. The first-order chi connectivity index (χ1) is 5.99. The van der Waals surface area contributed by atoms with E-state index < -0.39 is 5.60 Å². The molecule has 0 spiro atoms. The Labute approximate surface area is 79.8 Å². The quantitative estimate of drug-likeness (QED) is 0.649. The summed E-state index contributed by atoms with van der Waals surface area (Å²) in [7, 11) is 1.83. The van der Waals surface area contributed by atoms with Crippen LogP contribution in [0.4, 0.5) is 0 Å². The molecule has 0 aromatic carbocycles. The Hall–Kier alpha value is -0.410. The lowest BCUT2D eigenvalue weighted by molar-refractivity contribution is -0.125. The van der Waals surface area contributed by atoms with Crippen molar-refractivity contribution in [3.63, 3.8) is 0 Å². The second-order valence-corrected chi connectivity index (χ2v) is 4.35. The molecule has 3 nitrogen and oxygen atoms in total. The third-order valence-electron chi connectivity index (χ3n) is 2.47. The zero-order valence-corrected chi connectivity index (χ0v) is 8.89. The van der Waals surface area contributed by atoms with Crippen LogP contribution in [-0.4, -0.2) is 31.1 Å². The topological polar surface area (TPSA) is 41.6 Å². The summed E-state index contributed by atoms with van der Waals surface area (Å²) in [4.78, 5) is 11.8. The summed E-state index contributed by atoms with van der Waals surface area (Å²) in [5.74, 6) is 0.729. The van der Waals surface area contributed by atoms with E-state index in [9.17, 15) is 4.79 Å². The molecule has 0 aromatic heterocycles. The monoisotopic (exact) mass is 185 g/mol. The number of likely N-dealkylation sites (N-methyl/N-ethyl adjacent to an activating group) is 1. The number of ketones is 1. The van der Waals surface area contributed by atoms with Crippen molar-refractivity contribution in [2.45, 2.75) is 38.8 Å². The first-order valence-electron chi connectivity index (χ1n) is 4.85. The Morgan fingerprint density at radius 1 is 1.62 bits per heavy atom. The molecule has 0 bridgehead atoms. The largest absolute Gasteiger partial charge is 0.362 e. The maximum absolute atomic E-state index is 11.8. The normalized spacial score (nSPS) is 29.0. The summed E-state index contributed by atoms with van der Waals surface area (Å²) >= 11 is 0. The van der Waals surface area contributed by atoms with E-state index in [1.807, 2.05) is 14.0 Å². The Morgan fingerprint density at radius 2 is 2.15 bits per heavy atom. The van der Waals surface area contributed by atoms with Crippen molar-refractivity contribution in [3.8, 4) is 0 Å². The van der Waals surface area contributed by atoms with Crippen LogP contribution in [0.1, 0.15) is 27.2 Å². The summed E-state index contributed by atoms with van der Waals surface area (Å²) in [5.41, 5.74) is -0.484. The highest BCUT2D eigenvalue weighted by molar-refractivity contribution is 5.93. The predicted molar refractivity (Wildman–Crippen MR) is 51.7 cm³/mol. The second-order valence-electron chi connectivity index (χ2n) is 4.35. The minimum absolute atomic E-state index is 0.0486. The van der Waals surface area contributed by atoms with Crippen molar-refractivity contribution in [2.24, 2.45) is 5.92 Å². The Kier molecular flexibility index (Phi) is 3.09. The van der Waals surface area contributed by atoms with E-state index >= 15 is 0 Å². The molecule has 3 heteroatoms. The average Bonchev–Trinajstić information content (AvgIpc) is 2.79. The van der Waals surface area contributed by atoms with E-state index in [-0.39, 0.29) is 11.8 Å². The van der Waals surface area contributed by atoms with Crippen molar-refractivity contribution < 1.29 is 9.53 Å². The molecular weight excluding hydrogens is 166 g/mol. The van der Waals surface area contributed by atoms with Gasteiger partial charge in [-0.1, -0.05) is 13.8 Å². The van der Waals surface area contributed by atoms with E-state index in [0.29, 0.717) is 12.5 Å². The van der Waals surface area contributed by atoms with Gasteiger partial charge in [-0.05, 0) is 26.3 Å². The van der Waals surface area contributed by atoms with Gasteiger partial charge in [0.1, 0.15) is 5.60 Å². The van der Waals surface area contributed by atoms with Gasteiger partial charge >= 0.3 is 0 Å². The van der Waals surface area contributed by atoms with Crippen LogP contribution in [-0.2, 0) is 9.53 Å². The number of ether oxygens (including phenoxy) is 1. The molecule has 0 aliphatic carbocycles. The van der Waals surface area contributed by atoms with Crippen LogP contribution in [0.5, 0.6) is 0 Å². The van der Waals surface area contributed by atoms with Crippen LogP contribution in [0.15, 0.2) is 0 Å².